The van der Waals surface area contributed by atoms with Gasteiger partial charge in [-0.15, -0.1) is 0 Å². The van der Waals surface area contributed by atoms with Gasteiger partial charge in [0.15, 0.2) is 0 Å². The average molecular weight is 874 g/mol. The van der Waals surface area contributed by atoms with Crippen LogP contribution in [-0.4, -0.2) is 0 Å². The molecule has 0 unspecified atom stereocenters. The maximum absolute atomic E-state index is 2.42. The molecule has 0 aliphatic heterocycles. The molecule has 1 aliphatic carbocycles. The minimum atomic E-state index is 0.542. The fourth-order valence-corrected chi connectivity index (χ4v) is 4.97. The van der Waals surface area contributed by atoms with Crippen LogP contribution in [0.5, 0.6) is 0 Å². The Balaban J connectivity index is -0.0000000711. The van der Waals surface area contributed by atoms with E-state index in [0.29, 0.717) is 21.7 Å². The molecule has 384 valence electrons. The van der Waals surface area contributed by atoms with Gasteiger partial charge in [-0.05, 0) is 52.8 Å². The standard InChI is InChI=1S/C8H16.C8H18.3C7H16.2C6H14.C5H12.C4H10.C3H8/c1-3-8(2)6-4-5-7-8;1-5-7-8(3,4)6-2;1-5-6-7(2,3)4;1-5-7(3,4)6-2;1-3-5-7-6-4-2;1-5-6(2,3)4;1-3-5-6-4-2;1-3-5-4-2;1-3-4-2;1-3-2/h3-7H2,1-2H3;5-7H2,1-4H3;2*5-6H2,1-4H3;3-7H2,1-2H3;5H2,1-4H3;3-6H2,1-2H3;3-5H2,1-2H3;3-4H2,1-2H3;3H2,1-2H3. The molecule has 0 bridgehead atoms. The van der Waals surface area contributed by atoms with Gasteiger partial charge in [0.05, 0.1) is 0 Å². The highest BCUT2D eigenvalue weighted by molar-refractivity contribution is 4.78. The first-order chi connectivity index (χ1) is 28.2. The topological polar surface area (TPSA) is 0 Å². The zero-order chi connectivity index (χ0) is 50.3. The third-order valence-corrected chi connectivity index (χ3v) is 11.9. The van der Waals surface area contributed by atoms with Crippen molar-refractivity contribution in [2.45, 2.75) is 374 Å². The van der Waals surface area contributed by atoms with Gasteiger partial charge >= 0.3 is 0 Å². The number of hydrogen-bond donors (Lipinski definition) is 0. The highest BCUT2D eigenvalue weighted by atomic mass is 14.3. The van der Waals surface area contributed by atoms with Gasteiger partial charge in [-0.25, -0.2) is 0 Å². The van der Waals surface area contributed by atoms with Crippen LogP contribution in [0.4, 0.5) is 0 Å². The van der Waals surface area contributed by atoms with Crippen LogP contribution in [-0.2, 0) is 0 Å². The van der Waals surface area contributed by atoms with Crippen LogP contribution in [0.3, 0.4) is 0 Å². The Morgan fingerprint density at radius 2 is 0.590 bits per heavy atom. The molecule has 61 heavy (non-hydrogen) atoms. The summed E-state index contributed by atoms with van der Waals surface area (Å²) < 4.78 is 0. The maximum Gasteiger partial charge on any atom is -0.0328 e. The van der Waals surface area contributed by atoms with Crippen molar-refractivity contribution in [2.24, 2.45) is 27.1 Å². The van der Waals surface area contributed by atoms with Gasteiger partial charge < -0.3 is 0 Å². The van der Waals surface area contributed by atoms with Gasteiger partial charge in [0.1, 0.15) is 0 Å². The summed E-state index contributed by atoms with van der Waals surface area (Å²) in [5, 5.41) is 0. The van der Waals surface area contributed by atoms with E-state index in [9.17, 15) is 0 Å². The molecule has 0 nitrogen and oxygen atoms in total. The minimum Gasteiger partial charge on any atom is -0.0656 e. The van der Waals surface area contributed by atoms with E-state index in [1.807, 2.05) is 0 Å². The lowest BCUT2D eigenvalue weighted by Crippen LogP contribution is -2.07. The maximum atomic E-state index is 2.42. The van der Waals surface area contributed by atoms with E-state index in [0.717, 1.165) is 5.41 Å². The Kier molecular flexibility index (Phi) is 82.7. The van der Waals surface area contributed by atoms with Crippen molar-refractivity contribution >= 4 is 0 Å². The first-order valence-corrected chi connectivity index (χ1v) is 28.2. The van der Waals surface area contributed by atoms with Gasteiger partial charge in [0.25, 0.3) is 0 Å². The summed E-state index contributed by atoms with van der Waals surface area (Å²) in [7, 11) is 0. The summed E-state index contributed by atoms with van der Waals surface area (Å²) in [6.45, 7) is 62.9. The smallest absolute Gasteiger partial charge is 0.0328 e. The first-order valence-electron chi connectivity index (χ1n) is 28.2. The molecule has 1 saturated carbocycles. The Bertz CT molecular complexity index is 627. The molecule has 0 atom stereocenters. The van der Waals surface area contributed by atoms with E-state index in [4.69, 9.17) is 0 Å². The second kappa shape index (κ2) is 62.1. The zero-order valence-electron chi connectivity index (χ0n) is 50.3. The SMILES string of the molecule is CCC.CCC(C)(C)C.CCC(C)(C)CC.CCC1(C)CCCC1.CCCC.CCCC(C)(C)C.CCCC(C)(C)CC.CCCCC.CCCCCC.CCCCCCC. The Morgan fingerprint density at radius 1 is 0.311 bits per heavy atom. The highest BCUT2D eigenvalue weighted by Gasteiger charge is 2.25. The van der Waals surface area contributed by atoms with Crippen LogP contribution < -0.4 is 0 Å². The fraction of sp³-hybridized carbons (Fsp3) is 1.00. The first kappa shape index (κ1) is 81.2. The molecule has 1 aliphatic rings. The Morgan fingerprint density at radius 3 is 0.689 bits per heavy atom. The summed E-state index contributed by atoms with van der Waals surface area (Å²) in [5.41, 5.74) is 3.00. The second-order valence-corrected chi connectivity index (χ2v) is 22.6. The van der Waals surface area contributed by atoms with Crippen molar-refractivity contribution in [3.8, 4) is 0 Å². The molecule has 0 amide bonds. The third-order valence-electron chi connectivity index (χ3n) is 11.9. The summed E-state index contributed by atoms with van der Waals surface area (Å²) >= 11 is 0. The van der Waals surface area contributed by atoms with Crippen LogP contribution >= 0.6 is 0 Å². The molecular weight excluding hydrogens is 733 g/mol. The molecule has 1 fully saturated rings. The summed E-state index contributed by atoms with van der Waals surface area (Å²) in [5.74, 6) is 0. The number of unbranched alkanes of at least 4 members (excludes halogenated alkanes) is 10. The molecule has 0 N–H and O–H groups in total. The van der Waals surface area contributed by atoms with E-state index in [2.05, 4.69) is 194 Å². The van der Waals surface area contributed by atoms with Crippen molar-refractivity contribution in [3.63, 3.8) is 0 Å². The van der Waals surface area contributed by atoms with E-state index >= 15 is 0 Å². The summed E-state index contributed by atoms with van der Waals surface area (Å²) in [6.07, 6.45) is 38.3. The van der Waals surface area contributed by atoms with Crippen LogP contribution in [0.2, 0.25) is 0 Å². The molecule has 0 aromatic carbocycles. The third kappa shape index (κ3) is 114. The number of rotatable bonds is 17. The van der Waals surface area contributed by atoms with Crippen LogP contribution in [0.1, 0.15) is 374 Å². The largest absolute Gasteiger partial charge is 0.0656 e. The van der Waals surface area contributed by atoms with Gasteiger partial charge in [0.2, 0.25) is 0 Å². The fourth-order valence-electron chi connectivity index (χ4n) is 4.97. The van der Waals surface area contributed by atoms with Crippen LogP contribution in [0, 0.1) is 27.1 Å². The zero-order valence-corrected chi connectivity index (χ0v) is 50.3. The van der Waals surface area contributed by atoms with Crippen LogP contribution in [0.15, 0.2) is 0 Å². The predicted molar refractivity (Wildman–Crippen MR) is 300 cm³/mol. The lowest BCUT2D eigenvalue weighted by atomic mass is 9.86. The second-order valence-electron chi connectivity index (χ2n) is 22.6. The quantitative estimate of drug-likeness (QED) is 0.128. The monoisotopic (exact) mass is 873 g/mol. The van der Waals surface area contributed by atoms with Gasteiger partial charge in [-0.1, -0.05) is 348 Å². The van der Waals surface area contributed by atoms with Crippen LogP contribution in [0.25, 0.3) is 0 Å². The van der Waals surface area contributed by atoms with Crippen molar-refractivity contribution in [1.29, 1.82) is 0 Å². The molecule has 0 spiro atoms. The predicted octanol–water partition coefficient (Wildman–Crippen LogP) is 25.3. The molecule has 0 saturated heterocycles. The van der Waals surface area contributed by atoms with E-state index in [1.54, 1.807) is 0 Å². The van der Waals surface area contributed by atoms with Crippen molar-refractivity contribution in [1.82, 2.24) is 0 Å². The van der Waals surface area contributed by atoms with Gasteiger partial charge in [-0.3, -0.25) is 0 Å². The van der Waals surface area contributed by atoms with Gasteiger partial charge in [-0.2, -0.15) is 0 Å². The van der Waals surface area contributed by atoms with Crippen molar-refractivity contribution < 1.29 is 0 Å². The van der Waals surface area contributed by atoms with E-state index < -0.39 is 0 Å². The molecule has 0 heterocycles. The normalized spacial score (nSPS) is 12.4. The Hall–Kier alpha value is 0. The molecule has 0 aromatic heterocycles. The summed E-state index contributed by atoms with van der Waals surface area (Å²) in [4.78, 5) is 0. The highest BCUT2D eigenvalue weighted by Crippen LogP contribution is 2.39. The average Bonchev–Trinajstić information content (AvgIpc) is 3.66. The molecule has 0 radical (unpaired) electrons. The molecule has 0 aromatic rings. The van der Waals surface area contributed by atoms with Crippen molar-refractivity contribution in [2.75, 3.05) is 0 Å². The lowest BCUT2D eigenvalue weighted by Gasteiger charge is -2.20. The summed E-state index contributed by atoms with van der Waals surface area (Å²) in [6, 6.07) is 0. The number of hydrogen-bond acceptors (Lipinski definition) is 0. The van der Waals surface area contributed by atoms with Crippen molar-refractivity contribution in [3.05, 3.63) is 0 Å². The molecule has 1 rings (SSSR count). The van der Waals surface area contributed by atoms with E-state index in [-0.39, 0.29) is 0 Å². The van der Waals surface area contributed by atoms with Gasteiger partial charge in [0, 0.05) is 0 Å². The minimum absolute atomic E-state index is 0.542. The Labute approximate surface area is 399 Å². The lowest BCUT2D eigenvalue weighted by molar-refractivity contribution is 0.319. The molecular formula is C61H140. The molecule has 0 heteroatoms. The van der Waals surface area contributed by atoms with E-state index in [1.165, 1.54) is 180 Å².